The molecule has 0 aliphatic carbocycles. The quantitative estimate of drug-likeness (QED) is 0.771. The Labute approximate surface area is 133 Å². The SMILES string of the molecule is CCCNC(Cc1c(F)ccc(Br)c1F)C1CCOCC1. The molecule has 2 nitrogen and oxygen atoms in total. The van der Waals surface area contributed by atoms with Gasteiger partial charge < -0.3 is 10.1 Å². The van der Waals surface area contributed by atoms with Crippen molar-refractivity contribution in [2.75, 3.05) is 19.8 Å². The van der Waals surface area contributed by atoms with Crippen LogP contribution in [0.15, 0.2) is 16.6 Å². The second kappa shape index (κ2) is 8.20. The average molecular weight is 362 g/mol. The van der Waals surface area contributed by atoms with Gasteiger partial charge in [0.05, 0.1) is 4.47 Å². The van der Waals surface area contributed by atoms with Gasteiger partial charge in [0.2, 0.25) is 0 Å². The summed E-state index contributed by atoms with van der Waals surface area (Å²) in [6, 6.07) is 2.83. The van der Waals surface area contributed by atoms with Gasteiger partial charge in [0.25, 0.3) is 0 Å². The minimum Gasteiger partial charge on any atom is -0.381 e. The Morgan fingerprint density at radius 1 is 1.33 bits per heavy atom. The van der Waals surface area contributed by atoms with Gasteiger partial charge in [-0.1, -0.05) is 6.92 Å². The van der Waals surface area contributed by atoms with Crippen LogP contribution in [-0.4, -0.2) is 25.8 Å². The van der Waals surface area contributed by atoms with Crippen molar-refractivity contribution in [3.63, 3.8) is 0 Å². The number of rotatable bonds is 6. The molecule has 0 aromatic heterocycles. The molecule has 1 aliphatic rings. The van der Waals surface area contributed by atoms with E-state index in [1.807, 2.05) is 0 Å². The van der Waals surface area contributed by atoms with Crippen molar-refractivity contribution in [3.05, 3.63) is 33.8 Å². The lowest BCUT2D eigenvalue weighted by Crippen LogP contribution is -2.41. The Kier molecular flexibility index (Phi) is 6.58. The minimum absolute atomic E-state index is 0.0900. The van der Waals surface area contributed by atoms with Crippen LogP contribution in [-0.2, 0) is 11.2 Å². The van der Waals surface area contributed by atoms with E-state index in [0.717, 1.165) is 39.0 Å². The van der Waals surface area contributed by atoms with Gasteiger partial charge in [-0.25, -0.2) is 8.78 Å². The van der Waals surface area contributed by atoms with Crippen molar-refractivity contribution in [3.8, 4) is 0 Å². The molecule has 0 spiro atoms. The summed E-state index contributed by atoms with van der Waals surface area (Å²) >= 11 is 3.14. The number of benzene rings is 1. The van der Waals surface area contributed by atoms with Crippen molar-refractivity contribution in [2.24, 2.45) is 5.92 Å². The molecule has 0 amide bonds. The number of nitrogens with one attached hydrogen (secondary N) is 1. The summed E-state index contributed by atoms with van der Waals surface area (Å²) in [6.07, 6.45) is 3.27. The van der Waals surface area contributed by atoms with Crippen molar-refractivity contribution < 1.29 is 13.5 Å². The smallest absolute Gasteiger partial charge is 0.143 e. The van der Waals surface area contributed by atoms with Crippen molar-refractivity contribution >= 4 is 15.9 Å². The van der Waals surface area contributed by atoms with E-state index < -0.39 is 11.6 Å². The van der Waals surface area contributed by atoms with E-state index in [2.05, 4.69) is 28.2 Å². The molecule has 21 heavy (non-hydrogen) atoms. The van der Waals surface area contributed by atoms with Crippen LogP contribution < -0.4 is 5.32 Å². The first-order valence-corrected chi connectivity index (χ1v) is 8.36. The van der Waals surface area contributed by atoms with Gasteiger partial charge in [-0.3, -0.25) is 0 Å². The van der Waals surface area contributed by atoms with Crippen LogP contribution in [0.25, 0.3) is 0 Å². The highest BCUT2D eigenvalue weighted by atomic mass is 79.9. The molecule has 1 unspecified atom stereocenters. The van der Waals surface area contributed by atoms with Gasteiger partial charge in [-0.2, -0.15) is 0 Å². The maximum absolute atomic E-state index is 14.2. The molecule has 0 bridgehead atoms. The van der Waals surface area contributed by atoms with E-state index in [4.69, 9.17) is 4.74 Å². The van der Waals surface area contributed by atoms with Crippen LogP contribution in [0.3, 0.4) is 0 Å². The molecule has 2 rings (SSSR count). The highest BCUT2D eigenvalue weighted by Crippen LogP contribution is 2.27. The predicted molar refractivity (Wildman–Crippen MR) is 83.4 cm³/mol. The van der Waals surface area contributed by atoms with Gasteiger partial charge >= 0.3 is 0 Å². The molecule has 5 heteroatoms. The Morgan fingerprint density at radius 3 is 2.71 bits per heavy atom. The molecule has 118 valence electrons. The summed E-state index contributed by atoms with van der Waals surface area (Å²) < 4.78 is 33.8. The van der Waals surface area contributed by atoms with Crippen LogP contribution in [0.1, 0.15) is 31.7 Å². The summed E-state index contributed by atoms with van der Waals surface area (Å²) in [7, 11) is 0. The van der Waals surface area contributed by atoms with Crippen LogP contribution in [0, 0.1) is 17.6 Å². The van der Waals surface area contributed by atoms with Crippen LogP contribution >= 0.6 is 15.9 Å². The number of hydrogen-bond acceptors (Lipinski definition) is 2. The lowest BCUT2D eigenvalue weighted by atomic mass is 9.87. The average Bonchev–Trinajstić information content (AvgIpc) is 2.51. The largest absolute Gasteiger partial charge is 0.381 e. The topological polar surface area (TPSA) is 21.3 Å². The zero-order valence-corrected chi connectivity index (χ0v) is 13.9. The lowest BCUT2D eigenvalue weighted by Gasteiger charge is -2.31. The highest BCUT2D eigenvalue weighted by molar-refractivity contribution is 9.10. The third-order valence-corrected chi connectivity index (χ3v) is 4.67. The number of ether oxygens (including phenoxy) is 1. The van der Waals surface area contributed by atoms with Gasteiger partial charge in [-0.15, -0.1) is 0 Å². The maximum Gasteiger partial charge on any atom is 0.143 e. The predicted octanol–water partition coefficient (Wildman–Crippen LogP) is 4.06. The normalized spacial score (nSPS) is 17.9. The third-order valence-electron chi connectivity index (χ3n) is 4.05. The summed E-state index contributed by atoms with van der Waals surface area (Å²) in [4.78, 5) is 0. The molecule has 1 saturated heterocycles. The zero-order valence-electron chi connectivity index (χ0n) is 12.3. The summed E-state index contributed by atoms with van der Waals surface area (Å²) in [5.74, 6) is -0.542. The fourth-order valence-corrected chi connectivity index (χ4v) is 3.20. The number of halogens is 3. The van der Waals surface area contributed by atoms with Gasteiger partial charge in [0, 0.05) is 24.8 Å². The molecule has 1 heterocycles. The number of hydrogen-bond donors (Lipinski definition) is 1. The molecular formula is C16H22BrF2NO. The summed E-state index contributed by atoms with van der Waals surface area (Å²) in [5, 5.41) is 3.46. The standard InChI is InChI=1S/C16H22BrF2NO/c1-2-7-20-15(11-5-8-21-9-6-11)10-12-14(18)4-3-13(17)16(12)19/h3-4,11,15,20H,2,5-10H2,1H3. The van der Waals surface area contributed by atoms with E-state index in [0.29, 0.717) is 16.8 Å². The maximum atomic E-state index is 14.2. The fraction of sp³-hybridized carbons (Fsp3) is 0.625. The Bertz CT molecular complexity index is 464. The summed E-state index contributed by atoms with van der Waals surface area (Å²) in [5.41, 5.74) is 0.171. The Morgan fingerprint density at radius 2 is 2.05 bits per heavy atom. The Balaban J connectivity index is 2.15. The Hall–Kier alpha value is -0.520. The minimum atomic E-state index is -0.481. The monoisotopic (exact) mass is 361 g/mol. The zero-order chi connectivity index (χ0) is 15.2. The van der Waals surface area contributed by atoms with E-state index >= 15 is 0 Å². The van der Waals surface area contributed by atoms with Gasteiger partial charge in [0.1, 0.15) is 11.6 Å². The van der Waals surface area contributed by atoms with Crippen LogP contribution in [0.5, 0.6) is 0 Å². The fourth-order valence-electron chi connectivity index (χ4n) is 2.83. The first-order chi connectivity index (χ1) is 10.1. The molecule has 1 aromatic carbocycles. The molecule has 1 fully saturated rings. The van der Waals surface area contributed by atoms with Gasteiger partial charge in [-0.05, 0) is 66.2 Å². The second-order valence-electron chi connectivity index (χ2n) is 5.54. The van der Waals surface area contributed by atoms with E-state index in [1.165, 1.54) is 12.1 Å². The lowest BCUT2D eigenvalue weighted by molar-refractivity contribution is 0.0535. The molecule has 1 aromatic rings. The highest BCUT2D eigenvalue weighted by Gasteiger charge is 2.26. The van der Waals surface area contributed by atoms with E-state index in [-0.39, 0.29) is 11.6 Å². The molecular weight excluding hydrogens is 340 g/mol. The second-order valence-corrected chi connectivity index (χ2v) is 6.39. The van der Waals surface area contributed by atoms with Crippen molar-refractivity contribution in [2.45, 2.75) is 38.6 Å². The van der Waals surface area contributed by atoms with Crippen LogP contribution in [0.4, 0.5) is 8.78 Å². The first-order valence-electron chi connectivity index (χ1n) is 7.57. The van der Waals surface area contributed by atoms with E-state index in [9.17, 15) is 8.78 Å². The first kappa shape index (κ1) is 16.8. The molecule has 0 saturated carbocycles. The van der Waals surface area contributed by atoms with Crippen molar-refractivity contribution in [1.82, 2.24) is 5.32 Å². The van der Waals surface area contributed by atoms with E-state index in [1.54, 1.807) is 0 Å². The molecule has 1 N–H and O–H groups in total. The van der Waals surface area contributed by atoms with Crippen molar-refractivity contribution in [1.29, 1.82) is 0 Å². The third kappa shape index (κ3) is 4.47. The summed E-state index contributed by atoms with van der Waals surface area (Å²) in [6.45, 7) is 4.42. The molecule has 1 aliphatic heterocycles. The van der Waals surface area contributed by atoms with Gasteiger partial charge in [0.15, 0.2) is 0 Å². The molecule has 0 radical (unpaired) electrons. The molecule has 1 atom stereocenters. The van der Waals surface area contributed by atoms with Crippen LogP contribution in [0.2, 0.25) is 0 Å².